The quantitative estimate of drug-likeness (QED) is 0.767. The molecule has 0 aliphatic heterocycles. The van der Waals surface area contributed by atoms with Crippen molar-refractivity contribution < 1.29 is 4.79 Å². The molecule has 3 rings (SSSR count). The molecule has 1 aromatic carbocycles. The monoisotopic (exact) mass is 366 g/mol. The molecule has 0 amide bonds. The highest BCUT2D eigenvalue weighted by Gasteiger charge is 2.22. The highest BCUT2D eigenvalue weighted by molar-refractivity contribution is 9.10. The number of nitrogens with zero attached hydrogens (tertiary/aromatic N) is 4. The lowest BCUT2D eigenvalue weighted by atomic mass is 10.1. The minimum absolute atomic E-state index is 0.0462. The van der Waals surface area contributed by atoms with Gasteiger partial charge in [-0.1, -0.05) is 28.8 Å². The third kappa shape index (κ3) is 3.18. The first-order chi connectivity index (χ1) is 10.1. The number of hydrogen-bond donors (Lipinski definition) is 0. The van der Waals surface area contributed by atoms with Gasteiger partial charge in [-0.3, -0.25) is 4.79 Å². The summed E-state index contributed by atoms with van der Waals surface area (Å²) in [5.74, 6) is 0.0462. The second kappa shape index (κ2) is 6.27. The molecule has 1 heterocycles. The lowest BCUT2D eigenvalue weighted by Gasteiger charge is -2.12. The maximum absolute atomic E-state index is 11.8. The molecule has 5 nitrogen and oxygen atoms in total. The van der Waals surface area contributed by atoms with Gasteiger partial charge in [0.1, 0.15) is 0 Å². The number of benzene rings is 1. The lowest BCUT2D eigenvalue weighted by Crippen LogP contribution is -2.08. The molecule has 7 heteroatoms. The van der Waals surface area contributed by atoms with Crippen molar-refractivity contribution in [1.29, 1.82) is 0 Å². The van der Waals surface area contributed by atoms with Crippen LogP contribution in [-0.2, 0) is 0 Å². The number of tetrazole rings is 1. The molecule has 0 radical (unpaired) electrons. The van der Waals surface area contributed by atoms with Crippen LogP contribution in [-0.4, -0.2) is 26.0 Å². The van der Waals surface area contributed by atoms with Crippen molar-refractivity contribution in [1.82, 2.24) is 20.2 Å². The third-order valence-electron chi connectivity index (χ3n) is 3.66. The van der Waals surface area contributed by atoms with Crippen molar-refractivity contribution in [2.75, 3.05) is 0 Å². The first-order valence-electron chi connectivity index (χ1n) is 6.91. The Morgan fingerprint density at radius 3 is 2.86 bits per heavy atom. The Morgan fingerprint density at radius 2 is 2.14 bits per heavy atom. The Labute approximate surface area is 135 Å². The molecule has 0 N–H and O–H groups in total. The van der Waals surface area contributed by atoms with E-state index in [9.17, 15) is 4.79 Å². The fraction of sp³-hybridized carbons (Fsp3) is 0.429. The number of ketones is 1. The van der Waals surface area contributed by atoms with E-state index in [0.717, 1.165) is 27.4 Å². The van der Waals surface area contributed by atoms with Gasteiger partial charge in [0.25, 0.3) is 0 Å². The number of Topliss-reactive ketones (excluding diaryl/α,β-unsaturated/α-hetero) is 1. The smallest absolute Gasteiger partial charge is 0.214 e. The largest absolute Gasteiger partial charge is 0.294 e. The van der Waals surface area contributed by atoms with E-state index in [1.165, 1.54) is 24.6 Å². The molecule has 0 atom stereocenters. The Morgan fingerprint density at radius 1 is 1.38 bits per heavy atom. The molecule has 1 aromatic heterocycles. The summed E-state index contributed by atoms with van der Waals surface area (Å²) in [5.41, 5.74) is 0.698. The Balaban J connectivity index is 1.92. The number of carbonyl (C=O) groups is 1. The van der Waals surface area contributed by atoms with Gasteiger partial charge in [0.15, 0.2) is 5.78 Å². The molecule has 21 heavy (non-hydrogen) atoms. The standard InChI is InChI=1S/C14H15BrN4OS/c1-9(20)12-7-6-10(15)8-13(12)21-14-16-17-18-19(14)11-4-2-3-5-11/h6-8,11H,2-5H2,1H3. The number of rotatable bonds is 4. The van der Waals surface area contributed by atoms with Gasteiger partial charge in [0.2, 0.25) is 5.16 Å². The van der Waals surface area contributed by atoms with E-state index in [1.807, 2.05) is 22.9 Å². The van der Waals surface area contributed by atoms with E-state index in [1.54, 1.807) is 6.92 Å². The fourth-order valence-electron chi connectivity index (χ4n) is 2.60. The van der Waals surface area contributed by atoms with Crippen LogP contribution in [0, 0.1) is 0 Å². The normalized spacial score (nSPS) is 15.5. The van der Waals surface area contributed by atoms with Gasteiger partial charge < -0.3 is 0 Å². The van der Waals surface area contributed by atoms with Crippen molar-refractivity contribution in [2.45, 2.75) is 48.7 Å². The number of hydrogen-bond acceptors (Lipinski definition) is 5. The Bertz CT molecular complexity index is 667. The SMILES string of the molecule is CC(=O)c1ccc(Br)cc1Sc1nnnn1C1CCCC1. The molecule has 0 unspecified atom stereocenters. The molecule has 1 saturated carbocycles. The molecular weight excluding hydrogens is 352 g/mol. The van der Waals surface area contributed by atoms with E-state index < -0.39 is 0 Å². The summed E-state index contributed by atoms with van der Waals surface area (Å²) in [6, 6.07) is 6.03. The van der Waals surface area contributed by atoms with Crippen LogP contribution in [0.25, 0.3) is 0 Å². The van der Waals surface area contributed by atoms with Crippen molar-refractivity contribution in [3.63, 3.8) is 0 Å². The van der Waals surface area contributed by atoms with Gasteiger partial charge in [-0.25, -0.2) is 4.68 Å². The van der Waals surface area contributed by atoms with Crippen molar-refractivity contribution in [3.05, 3.63) is 28.2 Å². The molecule has 0 spiro atoms. The van der Waals surface area contributed by atoms with Gasteiger partial charge in [-0.15, -0.1) is 5.10 Å². The van der Waals surface area contributed by atoms with E-state index >= 15 is 0 Å². The van der Waals surface area contributed by atoms with Crippen LogP contribution in [0.15, 0.2) is 32.7 Å². The van der Waals surface area contributed by atoms with Gasteiger partial charge in [0.05, 0.1) is 6.04 Å². The van der Waals surface area contributed by atoms with Crippen LogP contribution in [0.3, 0.4) is 0 Å². The van der Waals surface area contributed by atoms with Crippen molar-refractivity contribution in [3.8, 4) is 0 Å². The zero-order valence-electron chi connectivity index (χ0n) is 11.6. The van der Waals surface area contributed by atoms with E-state index in [-0.39, 0.29) is 5.78 Å². The zero-order chi connectivity index (χ0) is 14.8. The molecule has 1 aliphatic carbocycles. The maximum Gasteiger partial charge on any atom is 0.214 e. The Kier molecular flexibility index (Phi) is 4.40. The minimum atomic E-state index is 0.0462. The first kappa shape index (κ1) is 14.7. The highest BCUT2D eigenvalue weighted by Crippen LogP contribution is 2.35. The average Bonchev–Trinajstić information content (AvgIpc) is 3.08. The summed E-state index contributed by atoms with van der Waals surface area (Å²) in [4.78, 5) is 12.6. The summed E-state index contributed by atoms with van der Waals surface area (Å²) in [7, 11) is 0. The van der Waals surface area contributed by atoms with Crippen LogP contribution in [0.5, 0.6) is 0 Å². The molecule has 1 fully saturated rings. The predicted octanol–water partition coefficient (Wildman–Crippen LogP) is 3.90. The predicted molar refractivity (Wildman–Crippen MR) is 83.6 cm³/mol. The number of aromatic nitrogens is 4. The van der Waals surface area contributed by atoms with Crippen LogP contribution in [0.4, 0.5) is 0 Å². The molecule has 1 aliphatic rings. The van der Waals surface area contributed by atoms with Gasteiger partial charge in [-0.2, -0.15) is 0 Å². The molecule has 110 valence electrons. The fourth-order valence-corrected chi connectivity index (χ4v) is 4.17. The summed E-state index contributed by atoms with van der Waals surface area (Å²) in [6.07, 6.45) is 4.70. The third-order valence-corrected chi connectivity index (χ3v) is 5.16. The summed E-state index contributed by atoms with van der Waals surface area (Å²) < 4.78 is 2.84. The van der Waals surface area contributed by atoms with Crippen LogP contribution in [0.2, 0.25) is 0 Å². The van der Waals surface area contributed by atoms with Gasteiger partial charge >= 0.3 is 0 Å². The molecule has 0 bridgehead atoms. The van der Waals surface area contributed by atoms with E-state index in [2.05, 4.69) is 31.5 Å². The average molecular weight is 367 g/mol. The molecule has 0 saturated heterocycles. The zero-order valence-corrected chi connectivity index (χ0v) is 14.0. The number of carbonyl (C=O) groups excluding carboxylic acids is 1. The van der Waals surface area contributed by atoms with Crippen molar-refractivity contribution in [2.24, 2.45) is 0 Å². The second-order valence-corrected chi connectivity index (χ2v) is 7.07. The summed E-state index contributed by atoms with van der Waals surface area (Å²) >= 11 is 4.90. The van der Waals surface area contributed by atoms with Gasteiger partial charge in [0, 0.05) is 14.9 Å². The van der Waals surface area contributed by atoms with Gasteiger partial charge in [-0.05, 0) is 60.2 Å². The second-order valence-electron chi connectivity index (χ2n) is 5.14. The van der Waals surface area contributed by atoms with Crippen molar-refractivity contribution >= 4 is 33.5 Å². The minimum Gasteiger partial charge on any atom is -0.294 e. The highest BCUT2D eigenvalue weighted by atomic mass is 79.9. The van der Waals surface area contributed by atoms with E-state index in [0.29, 0.717) is 11.6 Å². The molecule has 2 aromatic rings. The molecular formula is C14H15BrN4OS. The van der Waals surface area contributed by atoms with Crippen LogP contribution in [0.1, 0.15) is 49.0 Å². The first-order valence-corrected chi connectivity index (χ1v) is 8.52. The lowest BCUT2D eigenvalue weighted by molar-refractivity contribution is 0.101. The number of halogens is 1. The summed E-state index contributed by atoms with van der Waals surface area (Å²) in [5, 5.41) is 12.8. The van der Waals surface area contributed by atoms with Crippen LogP contribution < -0.4 is 0 Å². The van der Waals surface area contributed by atoms with E-state index in [4.69, 9.17) is 0 Å². The summed E-state index contributed by atoms with van der Waals surface area (Å²) in [6.45, 7) is 1.58. The Hall–Kier alpha value is -1.21. The topological polar surface area (TPSA) is 60.7 Å². The maximum atomic E-state index is 11.8. The van der Waals surface area contributed by atoms with Crippen LogP contribution >= 0.6 is 27.7 Å².